The fraction of sp³-hybridized carbons (Fsp3) is 0. The van der Waals surface area contributed by atoms with Gasteiger partial charge in [-0.05, 0) is 41.1 Å². The molecule has 5 rings (SSSR count). The molecule has 0 fully saturated rings. The van der Waals surface area contributed by atoms with E-state index in [0.717, 1.165) is 10.8 Å². The van der Waals surface area contributed by atoms with Crippen molar-refractivity contribution in [3.05, 3.63) is 107 Å². The molecule has 5 aromatic rings. The molecule has 0 aliphatic heterocycles. The summed E-state index contributed by atoms with van der Waals surface area (Å²) in [5, 5.41) is 5.21. The summed E-state index contributed by atoms with van der Waals surface area (Å²) >= 11 is 0. The number of para-hydroxylation sites is 2. The number of anilines is 1. The largest absolute Gasteiger partial charge is 0.403 e. The molecule has 0 bridgehead atoms. The van der Waals surface area contributed by atoms with Gasteiger partial charge in [-0.2, -0.15) is 0 Å². The van der Waals surface area contributed by atoms with Gasteiger partial charge in [0.15, 0.2) is 0 Å². The Balaban J connectivity index is 1.58. The highest BCUT2D eigenvalue weighted by Gasteiger charge is 2.16. The van der Waals surface area contributed by atoms with Crippen LogP contribution in [0.3, 0.4) is 0 Å². The van der Waals surface area contributed by atoms with Gasteiger partial charge in [-0.15, -0.1) is 0 Å². The van der Waals surface area contributed by atoms with Crippen LogP contribution in [0.2, 0.25) is 0 Å². The molecule has 1 N–H and O–H groups in total. The molecule has 0 radical (unpaired) electrons. The van der Waals surface area contributed by atoms with Crippen molar-refractivity contribution >= 4 is 33.3 Å². The van der Waals surface area contributed by atoms with E-state index in [9.17, 15) is 9.59 Å². The summed E-state index contributed by atoms with van der Waals surface area (Å²) in [6.45, 7) is 0. The van der Waals surface area contributed by atoms with Crippen LogP contribution in [-0.4, -0.2) is 10.9 Å². The molecule has 5 nitrogen and oxygen atoms in total. The van der Waals surface area contributed by atoms with Crippen LogP contribution in [0.15, 0.2) is 100 Å². The number of benzene rings is 4. The summed E-state index contributed by atoms with van der Waals surface area (Å²) in [5.74, 6) is -0.0881. The van der Waals surface area contributed by atoms with Crippen LogP contribution in [0.1, 0.15) is 10.4 Å². The van der Waals surface area contributed by atoms with E-state index >= 15 is 0 Å². The smallest absolute Gasteiger partial charge is 0.347 e. The predicted molar refractivity (Wildman–Crippen MR) is 118 cm³/mol. The molecule has 30 heavy (non-hydrogen) atoms. The molecule has 0 atom stereocenters. The second-order valence-electron chi connectivity index (χ2n) is 6.85. The molecular weight excluding hydrogens is 376 g/mol. The summed E-state index contributed by atoms with van der Waals surface area (Å²) in [6.07, 6.45) is 0. The normalized spacial score (nSPS) is 10.9. The third-order valence-electron chi connectivity index (χ3n) is 4.98. The van der Waals surface area contributed by atoms with Crippen LogP contribution in [0, 0.1) is 0 Å². The van der Waals surface area contributed by atoms with E-state index in [4.69, 9.17) is 4.42 Å². The second-order valence-corrected chi connectivity index (χ2v) is 6.85. The van der Waals surface area contributed by atoms with Gasteiger partial charge in [-0.3, -0.25) is 4.79 Å². The maximum Gasteiger partial charge on any atom is 0.347 e. The minimum absolute atomic E-state index is 0.160. The number of nitrogens with one attached hydrogen (secondary N) is 1. The lowest BCUT2D eigenvalue weighted by atomic mass is 10.0. The van der Waals surface area contributed by atoms with Crippen LogP contribution in [0.4, 0.5) is 5.69 Å². The summed E-state index contributed by atoms with van der Waals surface area (Å²) < 4.78 is 5.46. The first kappa shape index (κ1) is 17.8. The fourth-order valence-corrected chi connectivity index (χ4v) is 3.53. The fourth-order valence-electron chi connectivity index (χ4n) is 3.53. The number of aromatic nitrogens is 1. The zero-order chi connectivity index (χ0) is 20.5. The van der Waals surface area contributed by atoms with Crippen molar-refractivity contribution in [2.75, 3.05) is 5.32 Å². The first-order valence-corrected chi connectivity index (χ1v) is 9.49. The van der Waals surface area contributed by atoms with Gasteiger partial charge in [-0.25, -0.2) is 9.78 Å². The monoisotopic (exact) mass is 392 g/mol. The van der Waals surface area contributed by atoms with Crippen LogP contribution >= 0.6 is 0 Å². The molecule has 1 amide bonds. The van der Waals surface area contributed by atoms with Gasteiger partial charge < -0.3 is 9.73 Å². The maximum atomic E-state index is 13.1. The molecule has 0 saturated carbocycles. The molecule has 1 heterocycles. The number of carbonyl (C=O) groups excluding carboxylic acids is 1. The second kappa shape index (κ2) is 7.29. The third kappa shape index (κ3) is 3.12. The zero-order valence-electron chi connectivity index (χ0n) is 15.8. The minimum Gasteiger partial charge on any atom is -0.403 e. The molecule has 144 valence electrons. The Morgan fingerprint density at radius 3 is 2.37 bits per heavy atom. The number of fused-ring (bicyclic) bond motifs is 2. The Kier molecular flexibility index (Phi) is 4.33. The van der Waals surface area contributed by atoms with Gasteiger partial charge in [0.05, 0.1) is 22.2 Å². The maximum absolute atomic E-state index is 13.1. The van der Waals surface area contributed by atoms with Crippen LogP contribution in [0.25, 0.3) is 33.1 Å². The molecule has 0 spiro atoms. The Hall–Kier alpha value is -4.25. The van der Waals surface area contributed by atoms with Gasteiger partial charge in [0.25, 0.3) is 5.91 Å². The van der Waals surface area contributed by atoms with Gasteiger partial charge >= 0.3 is 5.63 Å². The van der Waals surface area contributed by atoms with E-state index in [1.165, 1.54) is 0 Å². The van der Waals surface area contributed by atoms with Gasteiger partial charge in [-0.1, -0.05) is 60.7 Å². The number of rotatable bonds is 3. The summed E-state index contributed by atoms with van der Waals surface area (Å²) in [4.78, 5) is 29.9. The quantitative estimate of drug-likeness (QED) is 0.455. The topological polar surface area (TPSA) is 72.2 Å². The highest BCUT2D eigenvalue weighted by atomic mass is 16.4. The van der Waals surface area contributed by atoms with E-state index in [2.05, 4.69) is 10.3 Å². The van der Waals surface area contributed by atoms with Gasteiger partial charge in [0.1, 0.15) is 0 Å². The highest BCUT2D eigenvalue weighted by molar-refractivity contribution is 6.13. The number of carbonyl (C=O) groups is 1. The molecule has 1 aromatic heterocycles. The van der Waals surface area contributed by atoms with E-state index in [0.29, 0.717) is 27.7 Å². The highest BCUT2D eigenvalue weighted by Crippen LogP contribution is 2.28. The molecular formula is C25H16N2O3. The standard InChI is InChI=1S/C25H16N2O3/c28-23(18-13-7-9-16-8-1-2-10-17(16)18)26-21-14-5-3-11-19(21)24-27-22-15-6-4-12-20(22)25(29)30-24/h1-15H,(H,26,28). The lowest BCUT2D eigenvalue weighted by Crippen LogP contribution is -2.13. The van der Waals surface area contributed by atoms with Gasteiger partial charge in [0.2, 0.25) is 5.89 Å². The van der Waals surface area contributed by atoms with Crippen molar-refractivity contribution in [1.29, 1.82) is 0 Å². The van der Waals surface area contributed by atoms with E-state index in [1.54, 1.807) is 48.5 Å². The van der Waals surface area contributed by atoms with Crippen molar-refractivity contribution in [3.8, 4) is 11.5 Å². The number of amides is 1. The van der Waals surface area contributed by atoms with Crippen molar-refractivity contribution in [1.82, 2.24) is 4.98 Å². The van der Waals surface area contributed by atoms with Gasteiger partial charge in [0, 0.05) is 5.56 Å². The minimum atomic E-state index is -0.467. The van der Waals surface area contributed by atoms with E-state index < -0.39 is 5.63 Å². The Morgan fingerprint density at radius 2 is 1.47 bits per heavy atom. The first-order chi connectivity index (χ1) is 14.7. The molecule has 0 aliphatic carbocycles. The Bertz CT molecular complexity index is 1470. The lowest BCUT2D eigenvalue weighted by molar-refractivity contribution is 0.102. The number of hydrogen-bond acceptors (Lipinski definition) is 4. The molecule has 0 saturated heterocycles. The van der Waals surface area contributed by atoms with Crippen molar-refractivity contribution in [3.63, 3.8) is 0 Å². The van der Waals surface area contributed by atoms with Crippen molar-refractivity contribution in [2.24, 2.45) is 0 Å². The van der Waals surface area contributed by atoms with E-state index in [-0.39, 0.29) is 11.8 Å². The first-order valence-electron chi connectivity index (χ1n) is 9.49. The van der Waals surface area contributed by atoms with Crippen molar-refractivity contribution in [2.45, 2.75) is 0 Å². The molecule has 0 aliphatic rings. The number of nitrogens with zero attached hydrogens (tertiary/aromatic N) is 1. The summed E-state index contributed by atoms with van der Waals surface area (Å²) in [7, 11) is 0. The van der Waals surface area contributed by atoms with Crippen LogP contribution in [0.5, 0.6) is 0 Å². The van der Waals surface area contributed by atoms with Crippen molar-refractivity contribution < 1.29 is 9.21 Å². The predicted octanol–water partition coefficient (Wildman–Crippen LogP) is 5.26. The average Bonchev–Trinajstić information content (AvgIpc) is 2.79. The van der Waals surface area contributed by atoms with Crippen LogP contribution < -0.4 is 10.9 Å². The Labute approximate surface area is 171 Å². The molecule has 4 aromatic carbocycles. The van der Waals surface area contributed by atoms with Crippen LogP contribution in [-0.2, 0) is 0 Å². The average molecular weight is 392 g/mol. The summed E-state index contributed by atoms with van der Waals surface area (Å²) in [5.41, 5.74) is 1.69. The Morgan fingerprint density at radius 1 is 0.767 bits per heavy atom. The molecule has 0 unspecified atom stereocenters. The SMILES string of the molecule is O=C(Nc1ccccc1-c1nc2ccccc2c(=O)o1)c1cccc2ccccc12. The number of hydrogen-bond donors (Lipinski definition) is 1. The zero-order valence-corrected chi connectivity index (χ0v) is 15.8. The third-order valence-corrected chi connectivity index (χ3v) is 4.98. The summed E-state index contributed by atoms with van der Waals surface area (Å²) in [6, 6.07) is 27.5. The molecule has 5 heteroatoms. The lowest BCUT2D eigenvalue weighted by Gasteiger charge is -2.11. The van der Waals surface area contributed by atoms with E-state index in [1.807, 2.05) is 42.5 Å².